The molecule has 1 N–H and O–H groups in total. The number of carboxylic acid groups (broad SMARTS) is 1. The molecule has 0 aliphatic rings. The lowest BCUT2D eigenvalue weighted by Crippen LogP contribution is -2.18. The first-order chi connectivity index (χ1) is 17.3. The van der Waals surface area contributed by atoms with Crippen LogP contribution in [-0.4, -0.2) is 33.6 Å². The Morgan fingerprint density at radius 1 is 0.889 bits per heavy atom. The minimum absolute atomic E-state index is 0.132. The largest absolute Gasteiger partial charge is 0.573 e. The SMILES string of the molecule is O=C(O)CCCCCOc1ccccc1Cn1c(-c2ccccc2OC(F)(F)F)nc2ccccc21. The molecule has 4 rings (SSSR count). The molecular formula is C27H25F3N2O4. The number of aromatic nitrogens is 2. The molecule has 0 fully saturated rings. The molecule has 0 atom stereocenters. The third-order valence-corrected chi connectivity index (χ3v) is 5.60. The van der Waals surface area contributed by atoms with Crippen LogP contribution in [0, 0.1) is 0 Å². The normalized spacial score (nSPS) is 11.5. The van der Waals surface area contributed by atoms with Crippen molar-refractivity contribution in [1.82, 2.24) is 9.55 Å². The van der Waals surface area contributed by atoms with Gasteiger partial charge in [-0.15, -0.1) is 13.2 Å². The molecule has 3 aromatic carbocycles. The van der Waals surface area contributed by atoms with Crippen LogP contribution in [0.1, 0.15) is 31.2 Å². The Hall–Kier alpha value is -4.01. The summed E-state index contributed by atoms with van der Waals surface area (Å²) in [5.41, 5.74) is 2.47. The number of benzene rings is 3. The first-order valence-electron chi connectivity index (χ1n) is 11.5. The van der Waals surface area contributed by atoms with Crippen LogP contribution >= 0.6 is 0 Å². The quantitative estimate of drug-likeness (QED) is 0.234. The number of para-hydroxylation sites is 4. The van der Waals surface area contributed by atoms with Gasteiger partial charge in [0.05, 0.1) is 29.7 Å². The lowest BCUT2D eigenvalue weighted by Gasteiger charge is -2.16. The highest BCUT2D eigenvalue weighted by atomic mass is 19.4. The van der Waals surface area contributed by atoms with Crippen LogP contribution in [0.2, 0.25) is 0 Å². The minimum Gasteiger partial charge on any atom is -0.493 e. The van der Waals surface area contributed by atoms with Crippen molar-refractivity contribution in [3.05, 3.63) is 78.4 Å². The summed E-state index contributed by atoms with van der Waals surface area (Å²) in [6, 6.07) is 20.8. The Kier molecular flexibility index (Phi) is 7.77. The Morgan fingerprint density at radius 2 is 1.58 bits per heavy atom. The number of alkyl halides is 3. The summed E-state index contributed by atoms with van der Waals surface area (Å²) in [4.78, 5) is 15.3. The highest BCUT2D eigenvalue weighted by Crippen LogP contribution is 2.36. The van der Waals surface area contributed by atoms with Crippen molar-refractivity contribution >= 4 is 17.0 Å². The van der Waals surface area contributed by atoms with Crippen LogP contribution in [0.4, 0.5) is 13.2 Å². The summed E-state index contributed by atoms with van der Waals surface area (Å²) < 4.78 is 51.4. The number of fused-ring (bicyclic) bond motifs is 1. The van der Waals surface area contributed by atoms with Gasteiger partial charge in [-0.2, -0.15) is 0 Å². The molecule has 4 aromatic rings. The van der Waals surface area contributed by atoms with Crippen LogP contribution in [0.5, 0.6) is 11.5 Å². The van der Waals surface area contributed by atoms with Gasteiger partial charge >= 0.3 is 12.3 Å². The van der Waals surface area contributed by atoms with E-state index in [1.807, 2.05) is 53.1 Å². The lowest BCUT2D eigenvalue weighted by atomic mass is 10.1. The van der Waals surface area contributed by atoms with Gasteiger partial charge in [-0.25, -0.2) is 4.98 Å². The zero-order chi connectivity index (χ0) is 25.5. The van der Waals surface area contributed by atoms with Crippen LogP contribution in [-0.2, 0) is 11.3 Å². The number of nitrogens with zero attached hydrogens (tertiary/aromatic N) is 2. The van der Waals surface area contributed by atoms with Gasteiger partial charge < -0.3 is 19.1 Å². The molecule has 0 amide bonds. The Morgan fingerprint density at radius 3 is 2.36 bits per heavy atom. The fraction of sp³-hybridized carbons (Fsp3) is 0.259. The number of ether oxygens (including phenoxy) is 2. The highest BCUT2D eigenvalue weighted by molar-refractivity contribution is 5.82. The minimum atomic E-state index is -4.84. The van der Waals surface area contributed by atoms with Crippen LogP contribution in [0.25, 0.3) is 22.4 Å². The van der Waals surface area contributed by atoms with E-state index in [0.717, 1.165) is 17.5 Å². The number of hydrogen-bond donors (Lipinski definition) is 1. The number of halogens is 3. The van der Waals surface area contributed by atoms with Gasteiger partial charge in [0.1, 0.15) is 17.3 Å². The Bertz CT molecular complexity index is 1330. The first-order valence-corrected chi connectivity index (χ1v) is 11.5. The predicted octanol–water partition coefficient (Wildman–Crippen LogP) is 6.67. The molecule has 0 bridgehead atoms. The maximum absolute atomic E-state index is 13.1. The van der Waals surface area contributed by atoms with E-state index in [9.17, 15) is 18.0 Å². The topological polar surface area (TPSA) is 73.6 Å². The fourth-order valence-corrected chi connectivity index (χ4v) is 3.99. The molecule has 0 aliphatic heterocycles. The zero-order valence-corrected chi connectivity index (χ0v) is 19.4. The molecule has 0 saturated carbocycles. The fourth-order valence-electron chi connectivity index (χ4n) is 3.99. The molecule has 0 saturated heterocycles. The number of aliphatic carboxylic acids is 1. The standard InChI is InChI=1S/C27H25F3N2O4/c28-27(29,30)36-24-15-8-4-11-20(24)26-31-21-12-5-6-13-22(21)32(26)18-19-10-3-7-14-23(19)35-17-9-1-2-16-25(33)34/h3-8,10-15H,1-2,9,16-18H2,(H,33,34). The summed E-state index contributed by atoms with van der Waals surface area (Å²) in [6.45, 7) is 0.738. The predicted molar refractivity (Wildman–Crippen MR) is 129 cm³/mol. The number of hydrogen-bond acceptors (Lipinski definition) is 4. The Balaban J connectivity index is 1.64. The first kappa shape index (κ1) is 25.1. The van der Waals surface area contributed by atoms with Crippen LogP contribution in [0.15, 0.2) is 72.8 Å². The van der Waals surface area contributed by atoms with Crippen molar-refractivity contribution in [3.63, 3.8) is 0 Å². The maximum atomic E-state index is 13.1. The summed E-state index contributed by atoms with van der Waals surface area (Å²) in [5.74, 6) is -0.141. The van der Waals surface area contributed by atoms with Crippen molar-refractivity contribution in [2.45, 2.75) is 38.6 Å². The summed E-state index contributed by atoms with van der Waals surface area (Å²) >= 11 is 0. The highest BCUT2D eigenvalue weighted by Gasteiger charge is 2.33. The molecule has 9 heteroatoms. The van der Waals surface area contributed by atoms with E-state index in [2.05, 4.69) is 9.72 Å². The van der Waals surface area contributed by atoms with Gasteiger partial charge in [0.15, 0.2) is 0 Å². The molecule has 36 heavy (non-hydrogen) atoms. The zero-order valence-electron chi connectivity index (χ0n) is 19.4. The van der Waals surface area contributed by atoms with Crippen molar-refractivity contribution < 1.29 is 32.5 Å². The maximum Gasteiger partial charge on any atom is 0.573 e. The van der Waals surface area contributed by atoms with E-state index in [4.69, 9.17) is 9.84 Å². The van der Waals surface area contributed by atoms with Gasteiger partial charge in [0.25, 0.3) is 0 Å². The monoisotopic (exact) mass is 498 g/mol. The second-order valence-corrected chi connectivity index (χ2v) is 8.21. The molecule has 6 nitrogen and oxygen atoms in total. The molecule has 188 valence electrons. The van der Waals surface area contributed by atoms with E-state index < -0.39 is 12.3 Å². The molecular weight excluding hydrogens is 473 g/mol. The number of carbonyl (C=O) groups is 1. The van der Waals surface area contributed by atoms with E-state index in [0.29, 0.717) is 43.1 Å². The van der Waals surface area contributed by atoms with Gasteiger partial charge in [0.2, 0.25) is 0 Å². The summed E-state index contributed by atoms with van der Waals surface area (Å²) in [6.07, 6.45) is -2.67. The van der Waals surface area contributed by atoms with Crippen molar-refractivity contribution in [2.24, 2.45) is 0 Å². The molecule has 0 radical (unpaired) electrons. The smallest absolute Gasteiger partial charge is 0.493 e. The summed E-state index contributed by atoms with van der Waals surface area (Å²) in [5, 5.41) is 8.76. The third-order valence-electron chi connectivity index (χ3n) is 5.60. The third kappa shape index (κ3) is 6.35. The molecule has 1 aromatic heterocycles. The molecule has 0 aliphatic carbocycles. The second-order valence-electron chi connectivity index (χ2n) is 8.21. The lowest BCUT2D eigenvalue weighted by molar-refractivity contribution is -0.274. The Labute approximate surface area is 205 Å². The molecule has 1 heterocycles. The van der Waals surface area contributed by atoms with E-state index in [1.165, 1.54) is 12.1 Å². The second kappa shape index (κ2) is 11.2. The molecule has 0 spiro atoms. The van der Waals surface area contributed by atoms with Crippen molar-refractivity contribution in [2.75, 3.05) is 6.61 Å². The van der Waals surface area contributed by atoms with E-state index in [1.54, 1.807) is 12.1 Å². The van der Waals surface area contributed by atoms with Gasteiger partial charge in [-0.3, -0.25) is 4.79 Å². The van der Waals surface area contributed by atoms with Crippen molar-refractivity contribution in [3.8, 4) is 22.9 Å². The van der Waals surface area contributed by atoms with E-state index in [-0.39, 0.29) is 17.7 Å². The van der Waals surface area contributed by atoms with Crippen LogP contribution in [0.3, 0.4) is 0 Å². The number of imidazole rings is 1. The van der Waals surface area contributed by atoms with Gasteiger partial charge in [-0.05, 0) is 49.6 Å². The van der Waals surface area contributed by atoms with Crippen molar-refractivity contribution in [1.29, 1.82) is 0 Å². The average molecular weight is 499 g/mol. The van der Waals surface area contributed by atoms with Crippen LogP contribution < -0.4 is 9.47 Å². The van der Waals surface area contributed by atoms with Gasteiger partial charge in [0, 0.05) is 12.0 Å². The summed E-state index contributed by atoms with van der Waals surface area (Å²) in [7, 11) is 0. The number of carboxylic acids is 1. The van der Waals surface area contributed by atoms with E-state index >= 15 is 0 Å². The van der Waals surface area contributed by atoms with Gasteiger partial charge in [-0.1, -0.05) is 42.5 Å². The number of unbranched alkanes of at least 4 members (excludes halogenated alkanes) is 2. The average Bonchev–Trinajstić information content (AvgIpc) is 3.19. The number of rotatable bonds is 11. The molecule has 0 unspecified atom stereocenters.